The van der Waals surface area contributed by atoms with Gasteiger partial charge < -0.3 is 21.1 Å². The molecule has 1 fully saturated rings. The normalized spacial score (nSPS) is 16.9. The number of aliphatic hydroxyl groups excluding tert-OH is 1. The smallest absolute Gasteiger partial charge is 0.319 e. The highest BCUT2D eigenvalue weighted by molar-refractivity contribution is 5.89. The Balaban J connectivity index is 1.88. The summed E-state index contributed by atoms with van der Waals surface area (Å²) in [4.78, 5) is 11.7. The third-order valence-electron chi connectivity index (χ3n) is 4.29. The topological polar surface area (TPSA) is 73.4 Å². The fraction of sp³-hybridized carbons (Fsp3) is 0.611. The lowest BCUT2D eigenvalue weighted by Gasteiger charge is -2.26. The van der Waals surface area contributed by atoms with E-state index in [0.29, 0.717) is 12.0 Å². The van der Waals surface area contributed by atoms with Gasteiger partial charge in [0.2, 0.25) is 0 Å². The SMILES string of the molecule is CC(NC(CCO)C(C)C)c1ccc(NC(=O)NC2CC2)cc1. The molecule has 4 N–H and O–H groups in total. The summed E-state index contributed by atoms with van der Waals surface area (Å²) in [5.74, 6) is 0.469. The van der Waals surface area contributed by atoms with Crippen LogP contribution in [0.4, 0.5) is 10.5 Å². The molecule has 0 saturated heterocycles. The van der Waals surface area contributed by atoms with Crippen molar-refractivity contribution in [2.75, 3.05) is 11.9 Å². The number of carbonyl (C=O) groups excluding carboxylic acids is 1. The van der Waals surface area contributed by atoms with E-state index < -0.39 is 0 Å². The van der Waals surface area contributed by atoms with Gasteiger partial charge in [-0.15, -0.1) is 0 Å². The van der Waals surface area contributed by atoms with E-state index in [9.17, 15) is 4.79 Å². The highest BCUT2D eigenvalue weighted by Gasteiger charge is 2.23. The summed E-state index contributed by atoms with van der Waals surface area (Å²) < 4.78 is 0. The number of amides is 2. The van der Waals surface area contributed by atoms with Crippen LogP contribution < -0.4 is 16.0 Å². The Morgan fingerprint density at radius 1 is 1.22 bits per heavy atom. The quantitative estimate of drug-likeness (QED) is 0.595. The first-order chi connectivity index (χ1) is 11.0. The second kappa shape index (κ2) is 8.31. The first kappa shape index (κ1) is 17.8. The summed E-state index contributed by atoms with van der Waals surface area (Å²) in [5.41, 5.74) is 1.97. The van der Waals surface area contributed by atoms with Crippen molar-refractivity contribution in [2.45, 2.75) is 58.2 Å². The van der Waals surface area contributed by atoms with Crippen LogP contribution in [0.3, 0.4) is 0 Å². The fourth-order valence-corrected chi connectivity index (χ4v) is 2.60. The van der Waals surface area contributed by atoms with E-state index in [1.54, 1.807) is 0 Å². The van der Waals surface area contributed by atoms with Gasteiger partial charge in [-0.25, -0.2) is 4.79 Å². The van der Waals surface area contributed by atoms with E-state index in [1.165, 1.54) is 5.56 Å². The molecule has 0 radical (unpaired) electrons. The van der Waals surface area contributed by atoms with E-state index in [4.69, 9.17) is 5.11 Å². The van der Waals surface area contributed by atoms with E-state index >= 15 is 0 Å². The lowest BCUT2D eigenvalue weighted by atomic mass is 9.98. The van der Waals surface area contributed by atoms with Gasteiger partial charge in [-0.2, -0.15) is 0 Å². The number of anilines is 1. The van der Waals surface area contributed by atoms with Gasteiger partial charge in [0.1, 0.15) is 0 Å². The zero-order valence-electron chi connectivity index (χ0n) is 14.3. The van der Waals surface area contributed by atoms with Crippen molar-refractivity contribution in [3.05, 3.63) is 29.8 Å². The minimum absolute atomic E-state index is 0.130. The van der Waals surface area contributed by atoms with Crippen LogP contribution in [0.15, 0.2) is 24.3 Å². The summed E-state index contributed by atoms with van der Waals surface area (Å²) in [6.07, 6.45) is 2.92. The highest BCUT2D eigenvalue weighted by atomic mass is 16.3. The molecule has 1 aromatic rings. The first-order valence-electron chi connectivity index (χ1n) is 8.54. The predicted molar refractivity (Wildman–Crippen MR) is 93.5 cm³/mol. The van der Waals surface area contributed by atoms with Crippen LogP contribution in [0, 0.1) is 5.92 Å². The largest absolute Gasteiger partial charge is 0.396 e. The predicted octanol–water partition coefficient (Wildman–Crippen LogP) is 3.03. The Morgan fingerprint density at radius 3 is 2.39 bits per heavy atom. The number of nitrogens with one attached hydrogen (secondary N) is 3. The molecule has 0 heterocycles. The van der Waals surface area contributed by atoms with E-state index in [0.717, 1.165) is 24.9 Å². The number of carbonyl (C=O) groups is 1. The molecule has 2 rings (SSSR count). The Morgan fingerprint density at radius 2 is 1.87 bits per heavy atom. The molecule has 1 saturated carbocycles. The average molecular weight is 319 g/mol. The van der Waals surface area contributed by atoms with Crippen molar-refractivity contribution in [3.8, 4) is 0 Å². The summed E-state index contributed by atoms with van der Waals surface area (Å²) in [5, 5.41) is 18.5. The molecule has 2 amide bonds. The number of hydrogen-bond donors (Lipinski definition) is 4. The zero-order valence-corrected chi connectivity index (χ0v) is 14.3. The highest BCUT2D eigenvalue weighted by Crippen LogP contribution is 2.20. The lowest BCUT2D eigenvalue weighted by molar-refractivity contribution is 0.237. The van der Waals surface area contributed by atoms with Crippen molar-refractivity contribution < 1.29 is 9.90 Å². The molecule has 0 aliphatic heterocycles. The van der Waals surface area contributed by atoms with Crippen molar-refractivity contribution in [1.82, 2.24) is 10.6 Å². The number of rotatable bonds is 8. The molecule has 23 heavy (non-hydrogen) atoms. The van der Waals surface area contributed by atoms with E-state index in [1.807, 2.05) is 24.3 Å². The molecule has 0 spiro atoms. The molecule has 1 aromatic carbocycles. The van der Waals surface area contributed by atoms with Gasteiger partial charge in [0.25, 0.3) is 0 Å². The van der Waals surface area contributed by atoms with Crippen LogP contribution >= 0.6 is 0 Å². The zero-order chi connectivity index (χ0) is 16.8. The monoisotopic (exact) mass is 319 g/mol. The molecule has 128 valence electrons. The Hall–Kier alpha value is -1.59. The fourth-order valence-electron chi connectivity index (χ4n) is 2.60. The van der Waals surface area contributed by atoms with Gasteiger partial charge in [-0.1, -0.05) is 26.0 Å². The molecular weight excluding hydrogens is 290 g/mol. The molecule has 0 bridgehead atoms. The van der Waals surface area contributed by atoms with Crippen LogP contribution in [-0.4, -0.2) is 29.8 Å². The molecule has 1 aliphatic rings. The Kier molecular flexibility index (Phi) is 6.42. The van der Waals surface area contributed by atoms with Crippen molar-refractivity contribution >= 4 is 11.7 Å². The van der Waals surface area contributed by atoms with Crippen LogP contribution in [0.1, 0.15) is 51.6 Å². The first-order valence-corrected chi connectivity index (χ1v) is 8.54. The average Bonchev–Trinajstić information content (AvgIpc) is 3.31. The maximum absolute atomic E-state index is 11.7. The molecule has 5 heteroatoms. The van der Waals surface area contributed by atoms with Crippen LogP contribution in [0.25, 0.3) is 0 Å². The van der Waals surface area contributed by atoms with Crippen LogP contribution in [0.2, 0.25) is 0 Å². The molecule has 5 nitrogen and oxygen atoms in total. The van der Waals surface area contributed by atoms with E-state index in [-0.39, 0.29) is 24.7 Å². The van der Waals surface area contributed by atoms with Crippen molar-refractivity contribution in [2.24, 2.45) is 5.92 Å². The Labute approximate surface area is 138 Å². The molecule has 2 unspecified atom stereocenters. The summed E-state index contributed by atoms with van der Waals surface area (Å²) >= 11 is 0. The summed E-state index contributed by atoms with van der Waals surface area (Å²) in [7, 11) is 0. The Bertz CT molecular complexity index is 497. The van der Waals surface area contributed by atoms with Gasteiger partial charge in [0.05, 0.1) is 0 Å². The van der Waals surface area contributed by atoms with Gasteiger partial charge in [0, 0.05) is 30.4 Å². The number of benzene rings is 1. The molecule has 1 aliphatic carbocycles. The lowest BCUT2D eigenvalue weighted by Crippen LogP contribution is -2.36. The number of hydrogen-bond acceptors (Lipinski definition) is 3. The molecule has 0 aromatic heterocycles. The van der Waals surface area contributed by atoms with Gasteiger partial charge >= 0.3 is 6.03 Å². The van der Waals surface area contributed by atoms with E-state index in [2.05, 4.69) is 36.7 Å². The minimum atomic E-state index is -0.130. The van der Waals surface area contributed by atoms with Crippen molar-refractivity contribution in [3.63, 3.8) is 0 Å². The summed E-state index contributed by atoms with van der Waals surface area (Å²) in [6.45, 7) is 6.63. The molecule has 2 atom stereocenters. The second-order valence-corrected chi connectivity index (χ2v) is 6.75. The second-order valence-electron chi connectivity index (χ2n) is 6.75. The van der Waals surface area contributed by atoms with Gasteiger partial charge in [-0.3, -0.25) is 0 Å². The van der Waals surface area contributed by atoms with Crippen LogP contribution in [-0.2, 0) is 0 Å². The summed E-state index contributed by atoms with van der Waals surface area (Å²) in [6, 6.07) is 8.63. The van der Waals surface area contributed by atoms with Gasteiger partial charge in [0.15, 0.2) is 0 Å². The number of urea groups is 1. The standard InChI is InChI=1S/C18H29N3O2/c1-12(2)17(10-11-22)19-13(3)14-4-6-15(7-5-14)20-18(23)21-16-8-9-16/h4-7,12-13,16-17,19,22H,8-11H2,1-3H3,(H2,20,21,23). The maximum Gasteiger partial charge on any atom is 0.319 e. The maximum atomic E-state index is 11.7. The molecular formula is C18H29N3O2. The third kappa shape index (κ3) is 5.84. The minimum Gasteiger partial charge on any atom is -0.396 e. The number of aliphatic hydroxyl groups is 1. The van der Waals surface area contributed by atoms with Crippen molar-refractivity contribution in [1.29, 1.82) is 0 Å². The van der Waals surface area contributed by atoms with Gasteiger partial charge in [-0.05, 0) is 49.8 Å². The third-order valence-corrected chi connectivity index (χ3v) is 4.29. The van der Waals surface area contributed by atoms with Crippen LogP contribution in [0.5, 0.6) is 0 Å².